The van der Waals surface area contributed by atoms with Crippen LogP contribution in [0.15, 0.2) is 12.1 Å². The van der Waals surface area contributed by atoms with Gasteiger partial charge in [0, 0.05) is 6.07 Å². The first-order valence-corrected chi connectivity index (χ1v) is 5.81. The number of halogens is 1. The van der Waals surface area contributed by atoms with E-state index in [4.69, 9.17) is 5.11 Å². The third kappa shape index (κ3) is 2.58. The Balaban J connectivity index is 3.68. The van der Waals surface area contributed by atoms with Gasteiger partial charge < -0.3 is 5.11 Å². The zero-order chi connectivity index (χ0) is 13.2. The van der Waals surface area contributed by atoms with Gasteiger partial charge in [-0.15, -0.1) is 0 Å². The molecular weight excluding hydrogens is 351 g/mol. The summed E-state index contributed by atoms with van der Waals surface area (Å²) in [6.07, 6.45) is 0. The first-order chi connectivity index (χ1) is 7.88. The molecule has 1 rings (SSSR count). The van der Waals surface area contributed by atoms with Gasteiger partial charge in [0.2, 0.25) is 0 Å². The summed E-state index contributed by atoms with van der Waals surface area (Å²) in [6, 6.07) is 1.25. The van der Waals surface area contributed by atoms with E-state index in [1.807, 2.05) is 0 Å². The topological polar surface area (TPSA) is 141 Å². The molecule has 0 amide bonds. The molecule has 17 heavy (non-hydrogen) atoms. The van der Waals surface area contributed by atoms with E-state index in [9.17, 15) is 28.1 Å². The standard InChI is InChI=1S/C7H3IN2O7/c11-7(12)4-1-3(9(14)15)2-5(10(16)17)6(4)8-13/h1-2H,(H,11,12). The number of hydrogen-bond acceptors (Lipinski definition) is 6. The highest BCUT2D eigenvalue weighted by Gasteiger charge is 2.27. The van der Waals surface area contributed by atoms with Gasteiger partial charge in [0.05, 0.1) is 21.5 Å². The summed E-state index contributed by atoms with van der Waals surface area (Å²) in [5.41, 5.74) is -2.21. The van der Waals surface area contributed by atoms with Crippen molar-refractivity contribution in [2.75, 3.05) is 0 Å². The molecule has 0 radical (unpaired) electrons. The van der Waals surface area contributed by atoms with Crippen molar-refractivity contribution in [1.82, 2.24) is 0 Å². The molecule has 9 nitrogen and oxygen atoms in total. The largest absolute Gasteiger partial charge is 0.478 e. The summed E-state index contributed by atoms with van der Waals surface area (Å²) >= 11 is -2.13. The summed E-state index contributed by atoms with van der Waals surface area (Å²) in [6.45, 7) is 0. The van der Waals surface area contributed by atoms with Crippen LogP contribution in [0.25, 0.3) is 0 Å². The lowest BCUT2D eigenvalue weighted by molar-refractivity contribution is -0.394. The van der Waals surface area contributed by atoms with E-state index in [1.54, 1.807) is 0 Å². The number of nitrogens with zero attached hydrogens (tertiary/aromatic N) is 2. The van der Waals surface area contributed by atoms with E-state index < -0.39 is 57.5 Å². The molecule has 1 aromatic carbocycles. The van der Waals surface area contributed by atoms with Crippen LogP contribution in [0.5, 0.6) is 0 Å². The first-order valence-electron chi connectivity index (χ1n) is 3.85. The lowest BCUT2D eigenvalue weighted by atomic mass is 10.2. The summed E-state index contributed by atoms with van der Waals surface area (Å²) in [5, 5.41) is 29.8. The number of non-ortho nitro benzene ring substituents is 1. The molecule has 10 heteroatoms. The number of nitro benzene ring substituents is 2. The highest BCUT2D eigenvalue weighted by molar-refractivity contribution is 14.1. The Kier molecular flexibility index (Phi) is 3.77. The molecule has 0 saturated carbocycles. The van der Waals surface area contributed by atoms with E-state index >= 15 is 0 Å². The normalized spacial score (nSPS) is 9.88. The average molecular weight is 354 g/mol. The quantitative estimate of drug-likeness (QED) is 0.493. The van der Waals surface area contributed by atoms with Crippen molar-refractivity contribution in [1.29, 1.82) is 0 Å². The van der Waals surface area contributed by atoms with Crippen LogP contribution in [0.2, 0.25) is 0 Å². The van der Waals surface area contributed by atoms with Crippen LogP contribution in [0.4, 0.5) is 11.4 Å². The van der Waals surface area contributed by atoms with Crippen molar-refractivity contribution in [3.8, 4) is 0 Å². The van der Waals surface area contributed by atoms with Crippen molar-refractivity contribution < 1.29 is 22.8 Å². The van der Waals surface area contributed by atoms with Crippen LogP contribution in [0, 0.1) is 23.8 Å². The maximum absolute atomic E-state index is 10.8. The van der Waals surface area contributed by atoms with E-state index in [1.165, 1.54) is 0 Å². The molecule has 0 atom stereocenters. The highest BCUT2D eigenvalue weighted by atomic mass is 127. The second kappa shape index (κ2) is 4.90. The molecule has 0 saturated heterocycles. The minimum atomic E-state index is -2.13. The third-order valence-electron chi connectivity index (χ3n) is 1.75. The van der Waals surface area contributed by atoms with E-state index in [0.29, 0.717) is 12.1 Å². The van der Waals surface area contributed by atoms with Gasteiger partial charge in [0.25, 0.3) is 11.4 Å². The molecule has 1 N–H and O–H groups in total. The van der Waals surface area contributed by atoms with Gasteiger partial charge in [0.15, 0.2) is 21.2 Å². The molecule has 0 aliphatic rings. The van der Waals surface area contributed by atoms with Crippen molar-refractivity contribution in [2.45, 2.75) is 0 Å². The fourth-order valence-corrected chi connectivity index (χ4v) is 2.27. The Hall–Kier alpha value is -1.98. The number of benzene rings is 1. The van der Waals surface area contributed by atoms with Crippen LogP contribution in [0.1, 0.15) is 10.4 Å². The number of aromatic carboxylic acids is 1. The zero-order valence-electron chi connectivity index (χ0n) is 7.82. The van der Waals surface area contributed by atoms with E-state index in [-0.39, 0.29) is 0 Å². The molecule has 0 aliphatic carbocycles. The van der Waals surface area contributed by atoms with Crippen LogP contribution in [0.3, 0.4) is 0 Å². The maximum Gasteiger partial charge on any atom is 0.337 e. The Bertz CT molecular complexity index is 506. The SMILES string of the molecule is O=Ic1c(C(=O)O)cc([N+](=O)[O-])cc1[N+](=O)[O-]. The molecule has 90 valence electrons. The summed E-state index contributed by atoms with van der Waals surface area (Å²) in [4.78, 5) is 29.9. The number of carbonyl (C=O) groups is 1. The predicted octanol–water partition coefficient (Wildman–Crippen LogP) is 1.69. The van der Waals surface area contributed by atoms with Gasteiger partial charge in [-0.3, -0.25) is 23.3 Å². The van der Waals surface area contributed by atoms with Gasteiger partial charge in [-0.2, -0.15) is 0 Å². The molecule has 0 unspecified atom stereocenters. The molecule has 0 bridgehead atoms. The number of rotatable bonds is 4. The third-order valence-corrected chi connectivity index (χ3v) is 3.33. The molecule has 0 aliphatic heterocycles. The fraction of sp³-hybridized carbons (Fsp3) is 0. The van der Waals surface area contributed by atoms with Crippen LogP contribution in [-0.2, 0) is 3.07 Å². The minimum absolute atomic E-state index is 0.466. The van der Waals surface area contributed by atoms with Gasteiger partial charge >= 0.3 is 5.97 Å². The number of carboxylic acid groups (broad SMARTS) is 1. The monoisotopic (exact) mass is 354 g/mol. The predicted molar refractivity (Wildman–Crippen MR) is 60.1 cm³/mol. The number of nitro groups is 2. The molecule has 0 aromatic heterocycles. The lowest BCUT2D eigenvalue weighted by Gasteiger charge is -2.00. The molecule has 0 spiro atoms. The van der Waals surface area contributed by atoms with E-state index in [2.05, 4.69) is 0 Å². The molecular formula is C7H3IN2O7. The lowest BCUT2D eigenvalue weighted by Crippen LogP contribution is -2.05. The Morgan fingerprint density at radius 3 is 2.18 bits per heavy atom. The Labute approximate surface area is 103 Å². The second-order valence-corrected chi connectivity index (χ2v) is 4.24. The van der Waals surface area contributed by atoms with E-state index in [0.717, 1.165) is 0 Å². The minimum Gasteiger partial charge on any atom is -0.478 e. The maximum atomic E-state index is 10.8. The van der Waals surface area contributed by atoms with Crippen LogP contribution < -0.4 is 0 Å². The van der Waals surface area contributed by atoms with Gasteiger partial charge in [0.1, 0.15) is 3.57 Å². The van der Waals surface area contributed by atoms with Gasteiger partial charge in [-0.1, -0.05) is 0 Å². The van der Waals surface area contributed by atoms with Crippen LogP contribution >= 0.6 is 21.2 Å². The van der Waals surface area contributed by atoms with Crippen molar-refractivity contribution in [2.24, 2.45) is 0 Å². The average Bonchev–Trinajstić information content (AvgIpc) is 2.26. The summed E-state index contributed by atoms with van der Waals surface area (Å²) < 4.78 is 10.4. The number of hydrogen-bond donors (Lipinski definition) is 1. The van der Waals surface area contributed by atoms with Gasteiger partial charge in [-0.25, -0.2) is 4.79 Å². The second-order valence-electron chi connectivity index (χ2n) is 2.72. The molecule has 0 heterocycles. The first kappa shape index (κ1) is 13.1. The number of carboxylic acids is 1. The summed E-state index contributed by atoms with van der Waals surface area (Å²) in [5.74, 6) is -1.60. The smallest absolute Gasteiger partial charge is 0.337 e. The van der Waals surface area contributed by atoms with Crippen LogP contribution in [-0.4, -0.2) is 20.9 Å². The molecule has 1 aromatic rings. The van der Waals surface area contributed by atoms with Gasteiger partial charge in [-0.05, 0) is 0 Å². The van der Waals surface area contributed by atoms with Crippen molar-refractivity contribution in [3.05, 3.63) is 41.5 Å². The zero-order valence-corrected chi connectivity index (χ0v) is 9.98. The van der Waals surface area contributed by atoms with Crippen molar-refractivity contribution in [3.63, 3.8) is 0 Å². The summed E-state index contributed by atoms with van der Waals surface area (Å²) in [7, 11) is 0. The highest BCUT2D eigenvalue weighted by Crippen LogP contribution is 2.31. The van der Waals surface area contributed by atoms with Crippen molar-refractivity contribution >= 4 is 38.5 Å². The fourth-order valence-electron chi connectivity index (χ4n) is 1.07. The molecule has 0 fully saturated rings. The Morgan fingerprint density at radius 2 is 1.82 bits per heavy atom. The Morgan fingerprint density at radius 1 is 1.24 bits per heavy atom.